The number of nitrogens with zero attached hydrogens (tertiary/aromatic N) is 1. The van der Waals surface area contributed by atoms with Crippen LogP contribution in [0, 0.1) is 0 Å². The zero-order valence-corrected chi connectivity index (χ0v) is 8.11. The van der Waals surface area contributed by atoms with Gasteiger partial charge in [-0.25, -0.2) is 0 Å². The predicted molar refractivity (Wildman–Crippen MR) is 54.6 cm³/mol. The van der Waals surface area contributed by atoms with E-state index < -0.39 is 0 Å². The molecular weight excluding hydrogens is 180 g/mol. The second kappa shape index (κ2) is 2.90. The van der Waals surface area contributed by atoms with E-state index in [2.05, 4.69) is 5.32 Å². The summed E-state index contributed by atoms with van der Waals surface area (Å²) in [6.07, 6.45) is 0. The van der Waals surface area contributed by atoms with E-state index in [0.29, 0.717) is 0 Å². The number of hydrogen-bond donors (Lipinski definition) is 2. The SMILES string of the molecule is CC1Nc2cc(O)ccc2N(C)C1=O. The summed E-state index contributed by atoms with van der Waals surface area (Å²) in [5.74, 6) is 0.231. The molecule has 0 aliphatic carbocycles. The van der Waals surface area contributed by atoms with Gasteiger partial charge in [0.1, 0.15) is 11.8 Å². The summed E-state index contributed by atoms with van der Waals surface area (Å²) in [6.45, 7) is 1.80. The first-order chi connectivity index (χ1) is 6.59. The van der Waals surface area contributed by atoms with Crippen molar-refractivity contribution in [3.63, 3.8) is 0 Å². The lowest BCUT2D eigenvalue weighted by molar-refractivity contribution is -0.118. The summed E-state index contributed by atoms with van der Waals surface area (Å²) >= 11 is 0. The van der Waals surface area contributed by atoms with Crippen molar-refractivity contribution < 1.29 is 9.90 Å². The van der Waals surface area contributed by atoms with Crippen LogP contribution in [0.3, 0.4) is 0 Å². The van der Waals surface area contributed by atoms with Gasteiger partial charge in [-0.3, -0.25) is 4.79 Å². The minimum atomic E-state index is -0.241. The number of amides is 1. The molecule has 2 N–H and O–H groups in total. The number of nitrogens with one attached hydrogen (secondary N) is 1. The normalized spacial score (nSPS) is 20.3. The highest BCUT2D eigenvalue weighted by Gasteiger charge is 2.26. The molecule has 4 nitrogen and oxygen atoms in total. The van der Waals surface area contributed by atoms with E-state index in [9.17, 15) is 9.90 Å². The largest absolute Gasteiger partial charge is 0.508 e. The third kappa shape index (κ3) is 1.19. The molecule has 0 saturated heterocycles. The summed E-state index contributed by atoms with van der Waals surface area (Å²) in [5, 5.41) is 12.3. The van der Waals surface area contributed by atoms with Crippen molar-refractivity contribution in [1.82, 2.24) is 0 Å². The molecule has 2 rings (SSSR count). The maximum Gasteiger partial charge on any atom is 0.248 e. The van der Waals surface area contributed by atoms with Gasteiger partial charge < -0.3 is 15.3 Å². The Bertz CT molecular complexity index is 390. The van der Waals surface area contributed by atoms with Crippen LogP contribution in [0.25, 0.3) is 0 Å². The molecule has 0 spiro atoms. The van der Waals surface area contributed by atoms with Crippen LogP contribution in [-0.2, 0) is 4.79 Å². The van der Waals surface area contributed by atoms with Crippen LogP contribution in [0.5, 0.6) is 5.75 Å². The number of phenolic OH excluding ortho intramolecular Hbond substituents is 1. The first-order valence-corrected chi connectivity index (χ1v) is 4.46. The number of rotatable bonds is 0. The quantitative estimate of drug-likeness (QED) is 0.648. The molecule has 0 saturated carbocycles. The molecule has 74 valence electrons. The number of benzene rings is 1. The highest BCUT2D eigenvalue weighted by atomic mass is 16.3. The summed E-state index contributed by atoms with van der Waals surface area (Å²) in [6, 6.07) is 4.67. The van der Waals surface area contributed by atoms with Crippen molar-refractivity contribution in [2.75, 3.05) is 17.3 Å². The fraction of sp³-hybridized carbons (Fsp3) is 0.300. The monoisotopic (exact) mass is 192 g/mol. The van der Waals surface area contributed by atoms with Crippen LogP contribution >= 0.6 is 0 Å². The summed E-state index contributed by atoms with van der Waals surface area (Å²) in [5.41, 5.74) is 1.59. The second-order valence-corrected chi connectivity index (χ2v) is 3.46. The Morgan fingerprint density at radius 3 is 2.93 bits per heavy atom. The van der Waals surface area contributed by atoms with E-state index in [1.54, 1.807) is 37.1 Å². The van der Waals surface area contributed by atoms with E-state index in [1.807, 2.05) is 0 Å². The number of carbonyl (C=O) groups excluding carboxylic acids is 1. The van der Waals surface area contributed by atoms with Crippen LogP contribution in [0.4, 0.5) is 11.4 Å². The number of likely N-dealkylation sites (N-methyl/N-ethyl adjacent to an activating group) is 1. The molecule has 4 heteroatoms. The van der Waals surface area contributed by atoms with Gasteiger partial charge in [-0.15, -0.1) is 0 Å². The molecule has 1 unspecified atom stereocenters. The molecule has 0 fully saturated rings. The van der Waals surface area contributed by atoms with E-state index in [-0.39, 0.29) is 17.7 Å². The Labute approximate surface area is 82.2 Å². The molecule has 0 radical (unpaired) electrons. The molecule has 0 bridgehead atoms. The van der Waals surface area contributed by atoms with Gasteiger partial charge in [0, 0.05) is 13.1 Å². The molecule has 1 aliphatic heterocycles. The lowest BCUT2D eigenvalue weighted by atomic mass is 10.1. The van der Waals surface area contributed by atoms with Crippen LogP contribution in [0.1, 0.15) is 6.92 Å². The lowest BCUT2D eigenvalue weighted by Crippen LogP contribution is -2.43. The zero-order chi connectivity index (χ0) is 10.3. The average Bonchev–Trinajstić information content (AvgIpc) is 2.14. The van der Waals surface area contributed by atoms with E-state index in [4.69, 9.17) is 0 Å². The number of fused-ring (bicyclic) bond motifs is 1. The van der Waals surface area contributed by atoms with Crippen LogP contribution in [0.2, 0.25) is 0 Å². The van der Waals surface area contributed by atoms with Gasteiger partial charge in [0.05, 0.1) is 11.4 Å². The van der Waals surface area contributed by atoms with E-state index in [0.717, 1.165) is 11.4 Å². The van der Waals surface area contributed by atoms with Crippen molar-refractivity contribution in [2.24, 2.45) is 0 Å². The molecule has 14 heavy (non-hydrogen) atoms. The summed E-state index contributed by atoms with van der Waals surface area (Å²) in [7, 11) is 1.73. The van der Waals surface area contributed by atoms with Gasteiger partial charge in [-0.05, 0) is 19.1 Å². The number of phenols is 1. The topological polar surface area (TPSA) is 52.6 Å². The molecule has 1 atom stereocenters. The van der Waals surface area contributed by atoms with Crippen molar-refractivity contribution in [2.45, 2.75) is 13.0 Å². The Hall–Kier alpha value is -1.71. The highest BCUT2D eigenvalue weighted by molar-refractivity contribution is 6.04. The summed E-state index contributed by atoms with van der Waals surface area (Å²) < 4.78 is 0. The molecule has 1 aliphatic rings. The zero-order valence-electron chi connectivity index (χ0n) is 8.11. The van der Waals surface area contributed by atoms with Crippen LogP contribution in [-0.4, -0.2) is 24.1 Å². The number of carbonyl (C=O) groups is 1. The molecule has 1 heterocycles. The van der Waals surface area contributed by atoms with Crippen molar-refractivity contribution in [3.8, 4) is 5.75 Å². The Kier molecular flexibility index (Phi) is 1.84. The molecule has 1 amide bonds. The third-order valence-electron chi connectivity index (χ3n) is 2.41. The van der Waals surface area contributed by atoms with Crippen molar-refractivity contribution in [3.05, 3.63) is 18.2 Å². The van der Waals surface area contributed by atoms with Crippen LogP contribution in [0.15, 0.2) is 18.2 Å². The minimum Gasteiger partial charge on any atom is -0.508 e. The lowest BCUT2D eigenvalue weighted by Gasteiger charge is -2.31. The maximum absolute atomic E-state index is 11.6. The van der Waals surface area contributed by atoms with Gasteiger partial charge in [0.2, 0.25) is 5.91 Å². The van der Waals surface area contributed by atoms with Crippen molar-refractivity contribution >= 4 is 17.3 Å². The van der Waals surface area contributed by atoms with E-state index in [1.165, 1.54) is 0 Å². The average molecular weight is 192 g/mol. The fourth-order valence-electron chi connectivity index (χ4n) is 1.64. The predicted octanol–water partition coefficient (Wildman–Crippen LogP) is 1.17. The number of aromatic hydroxyl groups is 1. The number of hydrogen-bond acceptors (Lipinski definition) is 3. The Morgan fingerprint density at radius 2 is 2.21 bits per heavy atom. The number of anilines is 2. The van der Waals surface area contributed by atoms with E-state index >= 15 is 0 Å². The van der Waals surface area contributed by atoms with Gasteiger partial charge >= 0.3 is 0 Å². The fourth-order valence-corrected chi connectivity index (χ4v) is 1.64. The highest BCUT2D eigenvalue weighted by Crippen LogP contribution is 2.33. The van der Waals surface area contributed by atoms with Crippen LogP contribution < -0.4 is 10.2 Å². The first kappa shape index (κ1) is 8.87. The third-order valence-corrected chi connectivity index (χ3v) is 2.41. The van der Waals surface area contributed by atoms with Gasteiger partial charge in [-0.2, -0.15) is 0 Å². The smallest absolute Gasteiger partial charge is 0.248 e. The second-order valence-electron chi connectivity index (χ2n) is 3.46. The Morgan fingerprint density at radius 1 is 1.50 bits per heavy atom. The maximum atomic E-state index is 11.6. The Balaban J connectivity index is 2.50. The van der Waals surface area contributed by atoms with Crippen molar-refractivity contribution in [1.29, 1.82) is 0 Å². The minimum absolute atomic E-state index is 0.0307. The molecule has 1 aromatic rings. The summed E-state index contributed by atoms with van der Waals surface area (Å²) in [4.78, 5) is 13.2. The van der Waals surface area contributed by atoms with Gasteiger partial charge in [0.15, 0.2) is 0 Å². The molecular formula is C10H12N2O2. The van der Waals surface area contributed by atoms with Gasteiger partial charge in [-0.1, -0.05) is 0 Å². The van der Waals surface area contributed by atoms with Gasteiger partial charge in [0.25, 0.3) is 0 Å². The standard InChI is InChI=1S/C10H12N2O2/c1-6-10(14)12(2)9-4-3-7(13)5-8(9)11-6/h3-6,11,13H,1-2H3. The first-order valence-electron chi connectivity index (χ1n) is 4.46. The molecule has 0 aromatic heterocycles. The molecule has 1 aromatic carbocycles.